The van der Waals surface area contributed by atoms with Gasteiger partial charge in [0.2, 0.25) is 0 Å². The maximum absolute atomic E-state index is 5.60. The third-order valence-corrected chi connectivity index (χ3v) is 2.52. The lowest BCUT2D eigenvalue weighted by atomic mass is 9.96. The van der Waals surface area contributed by atoms with Crippen molar-refractivity contribution in [3.8, 4) is 0 Å². The van der Waals surface area contributed by atoms with E-state index in [2.05, 4.69) is 24.3 Å². The highest BCUT2D eigenvalue weighted by molar-refractivity contribution is 5.59. The first-order valence-corrected chi connectivity index (χ1v) is 5.11. The Labute approximate surface area is 90.5 Å². The van der Waals surface area contributed by atoms with Crippen LogP contribution in [-0.2, 0) is 15.9 Å². The normalized spacial score (nSPS) is 17.5. The molecule has 1 radical (unpaired) electrons. The Balaban J connectivity index is 2.06. The molecule has 0 saturated heterocycles. The van der Waals surface area contributed by atoms with E-state index in [4.69, 9.17) is 9.47 Å². The lowest BCUT2D eigenvalue weighted by molar-refractivity contribution is -0.0984. The van der Waals surface area contributed by atoms with Gasteiger partial charge in [0.05, 0.1) is 0 Å². The molecule has 0 saturated carbocycles. The van der Waals surface area contributed by atoms with Crippen molar-refractivity contribution in [3.63, 3.8) is 0 Å². The molecular formula is C13H15O2. The van der Waals surface area contributed by atoms with Crippen molar-refractivity contribution >= 4 is 6.08 Å². The SMILES string of the molecule is COC(C)O[C]1C=Cc2ccccc2C1. The van der Waals surface area contributed by atoms with Crippen LogP contribution in [0.5, 0.6) is 0 Å². The minimum Gasteiger partial charge on any atom is -0.356 e. The molecule has 1 aromatic rings. The smallest absolute Gasteiger partial charge is 0.155 e. The van der Waals surface area contributed by atoms with Gasteiger partial charge in [-0.2, -0.15) is 0 Å². The van der Waals surface area contributed by atoms with E-state index in [1.807, 2.05) is 19.1 Å². The van der Waals surface area contributed by atoms with Crippen LogP contribution in [-0.4, -0.2) is 13.4 Å². The molecular weight excluding hydrogens is 188 g/mol. The zero-order valence-electron chi connectivity index (χ0n) is 9.07. The molecule has 79 valence electrons. The summed E-state index contributed by atoms with van der Waals surface area (Å²) in [7, 11) is 1.64. The first-order valence-electron chi connectivity index (χ1n) is 5.11. The van der Waals surface area contributed by atoms with Gasteiger partial charge in [-0.05, 0) is 24.1 Å². The van der Waals surface area contributed by atoms with Crippen LogP contribution in [0.25, 0.3) is 6.08 Å². The number of rotatable bonds is 3. The summed E-state index contributed by atoms with van der Waals surface area (Å²) in [6.45, 7) is 1.89. The van der Waals surface area contributed by atoms with Gasteiger partial charge in [-0.3, -0.25) is 0 Å². The van der Waals surface area contributed by atoms with Crippen LogP contribution >= 0.6 is 0 Å². The van der Waals surface area contributed by atoms with Crippen LogP contribution in [0.4, 0.5) is 0 Å². The minimum atomic E-state index is -0.185. The van der Waals surface area contributed by atoms with Crippen molar-refractivity contribution < 1.29 is 9.47 Å². The topological polar surface area (TPSA) is 18.5 Å². The molecule has 0 fully saturated rings. The number of hydrogen-bond acceptors (Lipinski definition) is 2. The van der Waals surface area contributed by atoms with Crippen LogP contribution in [0.1, 0.15) is 18.1 Å². The summed E-state index contributed by atoms with van der Waals surface area (Å²) in [5.74, 6) is 0. The average molecular weight is 203 g/mol. The highest BCUT2D eigenvalue weighted by atomic mass is 16.7. The Hall–Kier alpha value is -1.12. The van der Waals surface area contributed by atoms with E-state index in [1.54, 1.807) is 7.11 Å². The molecule has 0 aromatic heterocycles. The number of benzene rings is 1. The highest BCUT2D eigenvalue weighted by Crippen LogP contribution is 2.25. The Morgan fingerprint density at radius 1 is 1.20 bits per heavy atom. The molecule has 0 bridgehead atoms. The molecule has 1 aliphatic rings. The van der Waals surface area contributed by atoms with Crippen LogP contribution in [0.2, 0.25) is 0 Å². The van der Waals surface area contributed by atoms with E-state index < -0.39 is 0 Å². The molecule has 0 heterocycles. The first kappa shape index (κ1) is 10.4. The van der Waals surface area contributed by atoms with Gasteiger partial charge in [-0.25, -0.2) is 0 Å². The molecule has 2 rings (SSSR count). The van der Waals surface area contributed by atoms with Gasteiger partial charge in [-0.15, -0.1) is 0 Å². The molecule has 2 heteroatoms. The first-order chi connectivity index (χ1) is 7.29. The number of fused-ring (bicyclic) bond motifs is 1. The number of hydrogen-bond donors (Lipinski definition) is 0. The summed E-state index contributed by atoms with van der Waals surface area (Å²) in [5, 5.41) is 0. The van der Waals surface area contributed by atoms with Gasteiger partial charge >= 0.3 is 0 Å². The van der Waals surface area contributed by atoms with Gasteiger partial charge in [0.25, 0.3) is 0 Å². The van der Waals surface area contributed by atoms with Gasteiger partial charge < -0.3 is 9.47 Å². The molecule has 1 unspecified atom stereocenters. The maximum Gasteiger partial charge on any atom is 0.155 e. The molecule has 1 aliphatic carbocycles. The van der Waals surface area contributed by atoms with Crippen molar-refractivity contribution in [1.29, 1.82) is 0 Å². The molecule has 15 heavy (non-hydrogen) atoms. The summed E-state index contributed by atoms with van der Waals surface area (Å²) < 4.78 is 10.7. The predicted molar refractivity (Wildman–Crippen MR) is 60.0 cm³/mol. The molecule has 1 aromatic carbocycles. The summed E-state index contributed by atoms with van der Waals surface area (Å²) in [6, 6.07) is 8.34. The summed E-state index contributed by atoms with van der Waals surface area (Å²) >= 11 is 0. The van der Waals surface area contributed by atoms with E-state index in [1.165, 1.54) is 11.1 Å². The largest absolute Gasteiger partial charge is 0.356 e. The molecule has 0 amide bonds. The third-order valence-electron chi connectivity index (χ3n) is 2.52. The lowest BCUT2D eigenvalue weighted by Gasteiger charge is -2.21. The number of methoxy groups -OCH3 is 1. The van der Waals surface area contributed by atoms with Crippen LogP contribution in [0, 0.1) is 6.10 Å². The zero-order valence-corrected chi connectivity index (χ0v) is 9.07. The fourth-order valence-corrected chi connectivity index (χ4v) is 1.63. The fraction of sp³-hybridized carbons (Fsp3) is 0.308. The van der Waals surface area contributed by atoms with E-state index in [0.717, 1.165) is 12.5 Å². The van der Waals surface area contributed by atoms with Crippen LogP contribution in [0.3, 0.4) is 0 Å². The third kappa shape index (κ3) is 2.46. The Kier molecular flexibility index (Phi) is 3.19. The van der Waals surface area contributed by atoms with E-state index in [9.17, 15) is 0 Å². The van der Waals surface area contributed by atoms with Crippen LogP contribution in [0.15, 0.2) is 30.3 Å². The summed E-state index contributed by atoms with van der Waals surface area (Å²) in [4.78, 5) is 0. The lowest BCUT2D eigenvalue weighted by Crippen LogP contribution is -2.17. The van der Waals surface area contributed by atoms with Crippen molar-refractivity contribution in [1.82, 2.24) is 0 Å². The fourth-order valence-electron chi connectivity index (χ4n) is 1.63. The van der Waals surface area contributed by atoms with Crippen molar-refractivity contribution in [2.45, 2.75) is 19.6 Å². The standard InChI is InChI=1S/C13H15O2/c1-10(14-2)15-13-8-7-11-5-3-4-6-12(11)9-13/h3-8,10H,9H2,1-2H3. The predicted octanol–water partition coefficient (Wildman–Crippen LogP) is 2.80. The second-order valence-electron chi connectivity index (χ2n) is 3.60. The van der Waals surface area contributed by atoms with Crippen molar-refractivity contribution in [3.05, 3.63) is 47.6 Å². The van der Waals surface area contributed by atoms with E-state index >= 15 is 0 Å². The molecule has 0 aliphatic heterocycles. The maximum atomic E-state index is 5.60. The van der Waals surface area contributed by atoms with Gasteiger partial charge in [0, 0.05) is 13.5 Å². The van der Waals surface area contributed by atoms with E-state index in [0.29, 0.717) is 0 Å². The van der Waals surface area contributed by atoms with Gasteiger partial charge in [0.15, 0.2) is 6.29 Å². The molecule has 2 nitrogen and oxygen atoms in total. The second kappa shape index (κ2) is 4.60. The summed E-state index contributed by atoms with van der Waals surface area (Å²) in [5.41, 5.74) is 2.58. The Morgan fingerprint density at radius 2 is 2.00 bits per heavy atom. The van der Waals surface area contributed by atoms with Crippen molar-refractivity contribution in [2.75, 3.05) is 7.11 Å². The zero-order chi connectivity index (χ0) is 10.7. The van der Waals surface area contributed by atoms with Crippen LogP contribution < -0.4 is 0 Å². The molecule has 0 spiro atoms. The molecule has 0 N–H and O–H groups in total. The van der Waals surface area contributed by atoms with E-state index in [-0.39, 0.29) is 6.29 Å². The second-order valence-corrected chi connectivity index (χ2v) is 3.60. The Bertz CT molecular complexity index is 357. The summed E-state index contributed by atoms with van der Waals surface area (Å²) in [6.07, 6.45) is 5.72. The van der Waals surface area contributed by atoms with Gasteiger partial charge in [-0.1, -0.05) is 30.3 Å². The average Bonchev–Trinajstić information content (AvgIpc) is 2.29. The minimum absolute atomic E-state index is 0.185. The highest BCUT2D eigenvalue weighted by Gasteiger charge is 2.16. The molecule has 1 atom stereocenters. The monoisotopic (exact) mass is 203 g/mol. The Morgan fingerprint density at radius 3 is 2.80 bits per heavy atom. The quantitative estimate of drug-likeness (QED) is 0.703. The van der Waals surface area contributed by atoms with Gasteiger partial charge in [0.1, 0.15) is 6.10 Å². The van der Waals surface area contributed by atoms with Crippen molar-refractivity contribution in [2.24, 2.45) is 0 Å². The number of ether oxygens (including phenoxy) is 2.